The first-order chi connectivity index (χ1) is 32.9. The average molecular weight is 987 g/mol. The highest BCUT2D eigenvalue weighted by atomic mass is 16.8. The number of methoxy groups -OCH3 is 3. The number of esters is 1. The molecule has 21 heteroatoms. The van der Waals surface area contributed by atoms with Gasteiger partial charge in [0.05, 0.1) is 74.0 Å². The van der Waals surface area contributed by atoms with E-state index in [0.29, 0.717) is 32.1 Å². The number of rotatable bonds is 12. The van der Waals surface area contributed by atoms with E-state index in [-0.39, 0.29) is 37.4 Å². The van der Waals surface area contributed by atoms with E-state index in [4.69, 9.17) is 66.3 Å². The summed E-state index contributed by atoms with van der Waals surface area (Å²) in [7, 11) is 4.57. The molecule has 0 amide bonds. The van der Waals surface area contributed by atoms with Gasteiger partial charge in [0.1, 0.15) is 61.0 Å². The Morgan fingerprint density at radius 2 is 1.36 bits per heavy atom. The van der Waals surface area contributed by atoms with E-state index in [9.17, 15) is 35.4 Å². The highest BCUT2D eigenvalue weighted by molar-refractivity contribution is 5.75. The fraction of sp³-hybridized carbons (Fsp3) is 0.896. The van der Waals surface area contributed by atoms with Gasteiger partial charge < -0.3 is 97.0 Å². The Morgan fingerprint density at radius 3 is 2.01 bits per heavy atom. The number of aliphatic hydroxyl groups excluding tert-OH is 6. The summed E-state index contributed by atoms with van der Waals surface area (Å²) in [5.74, 6) is -2.35. The zero-order valence-electron chi connectivity index (χ0n) is 40.7. The van der Waals surface area contributed by atoms with Crippen LogP contribution >= 0.6 is 0 Å². The maximum absolute atomic E-state index is 13.8. The third-order valence-corrected chi connectivity index (χ3v) is 16.7. The molecule has 6 saturated heterocycles. The van der Waals surface area contributed by atoms with E-state index >= 15 is 0 Å². The van der Waals surface area contributed by atoms with E-state index in [0.717, 1.165) is 11.1 Å². The lowest BCUT2D eigenvalue weighted by Crippen LogP contribution is -2.62. The highest BCUT2D eigenvalue weighted by Gasteiger charge is 2.60. The fourth-order valence-corrected chi connectivity index (χ4v) is 12.8. The molecular weight excluding hydrogens is 913 g/mol. The second-order valence-corrected chi connectivity index (χ2v) is 20.8. The SMILES string of the molecule is COC1CC(OC2C(C)OC(OC3CCC4(C)C(=CC(O)C5C(=O)OC6COC7(C)OC=C(CCC54)C67)C3)C(O)C2OC)OC(C)C1OC1CC(OC)C(OC2OC(CO)C(O)C(O)C2O)C(C)O1. The van der Waals surface area contributed by atoms with Gasteiger partial charge in [-0.2, -0.15) is 0 Å². The Bertz CT molecular complexity index is 1850. The predicted octanol–water partition coefficient (Wildman–Crippen LogP) is 0.453. The van der Waals surface area contributed by atoms with Crippen LogP contribution in [0, 0.1) is 23.2 Å². The van der Waals surface area contributed by atoms with Crippen LogP contribution in [0.3, 0.4) is 0 Å². The summed E-state index contributed by atoms with van der Waals surface area (Å²) in [5.41, 5.74) is 1.68. The Kier molecular flexibility index (Phi) is 15.6. The van der Waals surface area contributed by atoms with Gasteiger partial charge in [-0.05, 0) is 69.8 Å². The summed E-state index contributed by atoms with van der Waals surface area (Å²) < 4.78 is 85.8. The molecular formula is C48H74O21. The summed E-state index contributed by atoms with van der Waals surface area (Å²) in [6.07, 6.45) is -11.7. The van der Waals surface area contributed by atoms with Crippen LogP contribution in [-0.2, 0) is 71.1 Å². The van der Waals surface area contributed by atoms with Crippen molar-refractivity contribution in [2.75, 3.05) is 34.5 Å². The number of carbonyl (C=O) groups is 1. The molecule has 0 spiro atoms. The van der Waals surface area contributed by atoms with Crippen LogP contribution in [-0.4, -0.2) is 206 Å². The maximum Gasteiger partial charge on any atom is 0.312 e. The van der Waals surface area contributed by atoms with Crippen molar-refractivity contribution in [2.24, 2.45) is 23.2 Å². The zero-order valence-corrected chi connectivity index (χ0v) is 40.7. The normalized spacial score (nSPS) is 52.2. The molecule has 69 heavy (non-hydrogen) atoms. The first-order valence-corrected chi connectivity index (χ1v) is 24.7. The molecule has 9 rings (SSSR count). The average Bonchev–Trinajstić information content (AvgIpc) is 3.84. The van der Waals surface area contributed by atoms with Gasteiger partial charge in [0.2, 0.25) is 5.79 Å². The second-order valence-electron chi connectivity index (χ2n) is 20.8. The third kappa shape index (κ3) is 9.70. The minimum Gasteiger partial charge on any atom is -0.469 e. The fourth-order valence-electron chi connectivity index (χ4n) is 12.8. The Labute approximate surface area is 402 Å². The predicted molar refractivity (Wildman–Crippen MR) is 233 cm³/mol. The second kappa shape index (κ2) is 20.7. The summed E-state index contributed by atoms with van der Waals surface area (Å²) in [5, 5.41) is 64.1. The number of fused-ring (bicyclic) bond motifs is 3. The van der Waals surface area contributed by atoms with Gasteiger partial charge in [0, 0.05) is 41.1 Å². The van der Waals surface area contributed by atoms with E-state index in [1.165, 1.54) is 14.2 Å². The van der Waals surface area contributed by atoms with Gasteiger partial charge in [-0.3, -0.25) is 4.79 Å². The number of aliphatic hydroxyl groups is 6. The van der Waals surface area contributed by atoms with Crippen molar-refractivity contribution >= 4 is 5.97 Å². The third-order valence-electron chi connectivity index (χ3n) is 16.7. The van der Waals surface area contributed by atoms with Crippen molar-refractivity contribution in [2.45, 2.75) is 214 Å². The molecule has 0 aromatic carbocycles. The molecule has 392 valence electrons. The molecule has 26 atom stereocenters. The van der Waals surface area contributed by atoms with Crippen molar-refractivity contribution in [3.05, 3.63) is 23.5 Å². The van der Waals surface area contributed by atoms with Crippen LogP contribution in [0.1, 0.15) is 79.6 Å². The Morgan fingerprint density at radius 1 is 0.725 bits per heavy atom. The van der Waals surface area contributed by atoms with Gasteiger partial charge >= 0.3 is 5.97 Å². The van der Waals surface area contributed by atoms with E-state index in [1.807, 2.05) is 26.8 Å². The van der Waals surface area contributed by atoms with Crippen LogP contribution in [0.2, 0.25) is 0 Å². The Balaban J connectivity index is 0.790. The number of hydrogen-bond donors (Lipinski definition) is 6. The van der Waals surface area contributed by atoms with Crippen LogP contribution in [0.5, 0.6) is 0 Å². The smallest absolute Gasteiger partial charge is 0.312 e. The monoisotopic (exact) mass is 986 g/mol. The van der Waals surface area contributed by atoms with E-state index in [1.54, 1.807) is 20.3 Å². The molecule has 0 aromatic rings. The van der Waals surface area contributed by atoms with Gasteiger partial charge in [-0.15, -0.1) is 0 Å². The van der Waals surface area contributed by atoms with Crippen molar-refractivity contribution < 1.29 is 102 Å². The van der Waals surface area contributed by atoms with Gasteiger partial charge in [-0.25, -0.2) is 0 Å². The van der Waals surface area contributed by atoms with Crippen molar-refractivity contribution in [1.29, 1.82) is 0 Å². The summed E-state index contributed by atoms with van der Waals surface area (Å²) in [6, 6.07) is 0. The lowest BCUT2D eigenvalue weighted by Gasteiger charge is -2.52. The van der Waals surface area contributed by atoms with E-state index < -0.39 is 153 Å². The van der Waals surface area contributed by atoms with Crippen LogP contribution in [0.4, 0.5) is 0 Å². The molecule has 6 N–H and O–H groups in total. The molecule has 7 fully saturated rings. The molecule has 0 bridgehead atoms. The molecule has 9 aliphatic rings. The van der Waals surface area contributed by atoms with Crippen molar-refractivity contribution in [3.8, 4) is 0 Å². The number of ether oxygens (including phenoxy) is 14. The maximum atomic E-state index is 13.8. The largest absolute Gasteiger partial charge is 0.469 e. The summed E-state index contributed by atoms with van der Waals surface area (Å²) >= 11 is 0. The lowest BCUT2D eigenvalue weighted by molar-refractivity contribution is -0.362. The highest BCUT2D eigenvalue weighted by Crippen LogP contribution is 2.57. The van der Waals surface area contributed by atoms with Crippen molar-refractivity contribution in [1.82, 2.24) is 0 Å². The van der Waals surface area contributed by atoms with E-state index in [2.05, 4.69) is 6.92 Å². The quantitative estimate of drug-likeness (QED) is 0.115. The molecule has 2 aliphatic carbocycles. The minimum absolute atomic E-state index is 0.180. The van der Waals surface area contributed by atoms with Crippen molar-refractivity contribution in [3.63, 3.8) is 0 Å². The topological polar surface area (TPSA) is 268 Å². The van der Waals surface area contributed by atoms with Gasteiger partial charge in [0.25, 0.3) is 0 Å². The van der Waals surface area contributed by atoms with Gasteiger partial charge in [-0.1, -0.05) is 18.6 Å². The molecule has 0 aromatic heterocycles. The first-order valence-electron chi connectivity index (χ1n) is 24.7. The lowest BCUT2D eigenvalue weighted by atomic mass is 9.55. The number of hydrogen-bond acceptors (Lipinski definition) is 21. The molecule has 0 radical (unpaired) electrons. The molecule has 26 unspecified atom stereocenters. The molecule has 7 aliphatic heterocycles. The molecule has 1 saturated carbocycles. The van der Waals surface area contributed by atoms with Crippen LogP contribution in [0.25, 0.3) is 0 Å². The first kappa shape index (κ1) is 51.9. The minimum atomic E-state index is -1.60. The van der Waals surface area contributed by atoms with Crippen LogP contribution in [0.15, 0.2) is 23.5 Å². The van der Waals surface area contributed by atoms with Crippen LogP contribution < -0.4 is 0 Å². The molecule has 21 nitrogen and oxygen atoms in total. The number of carbonyl (C=O) groups excluding carboxylic acids is 1. The Hall–Kier alpha value is -1.97. The summed E-state index contributed by atoms with van der Waals surface area (Å²) in [4.78, 5) is 13.8. The van der Waals surface area contributed by atoms with Gasteiger partial charge in [0.15, 0.2) is 25.2 Å². The summed E-state index contributed by atoms with van der Waals surface area (Å²) in [6.45, 7) is 9.11. The standard InChI is InChI=1S/C48H74O21/c1-20-40(67-32-16-29(57-7)41(21(2)62-32)69-45-38(53)37(52)36(51)30(17-49)66-45)28(56-6)15-33(61-20)68-42-22(3)63-46(39(54)43(42)58-8)64-25-11-12-47(4)24(13-25)14-27(50)34-26(47)10-9-23-18-59-48(5)35(23)31(19-60-48)65-44(34)55/h14,18,20-22,25-43,45-46,49-54H,9-13,15-17,19H2,1-8H3. The molecule has 7 heterocycles. The zero-order chi connectivity index (χ0) is 49.3.